The van der Waals surface area contributed by atoms with Gasteiger partial charge in [-0.05, 0) is 30.2 Å². The zero-order valence-corrected chi connectivity index (χ0v) is 13.7. The van der Waals surface area contributed by atoms with Crippen LogP contribution in [0.2, 0.25) is 5.02 Å². The number of carbonyl (C=O) groups is 1. The molecule has 0 aliphatic carbocycles. The Morgan fingerprint density at radius 3 is 2.65 bits per heavy atom. The van der Waals surface area contributed by atoms with E-state index in [1.807, 2.05) is 42.5 Å². The van der Waals surface area contributed by atoms with E-state index in [4.69, 9.17) is 16.3 Å². The van der Waals surface area contributed by atoms with Gasteiger partial charge in [0, 0.05) is 10.6 Å². The van der Waals surface area contributed by atoms with Crippen molar-refractivity contribution < 1.29 is 9.53 Å². The van der Waals surface area contributed by atoms with Gasteiger partial charge in [0.05, 0.1) is 6.21 Å². The monoisotopic (exact) mass is 330 g/mol. The Morgan fingerprint density at radius 1 is 1.22 bits per heavy atom. The number of nitrogens with one attached hydrogen (secondary N) is 1. The number of ether oxygens (including phenoxy) is 1. The van der Waals surface area contributed by atoms with E-state index in [9.17, 15) is 4.79 Å². The Kier molecular flexibility index (Phi) is 6.63. The topological polar surface area (TPSA) is 50.7 Å². The summed E-state index contributed by atoms with van der Waals surface area (Å²) < 4.78 is 5.42. The van der Waals surface area contributed by atoms with Gasteiger partial charge in [-0.25, -0.2) is 5.43 Å². The number of hydrogen-bond donors (Lipinski definition) is 1. The van der Waals surface area contributed by atoms with E-state index in [-0.39, 0.29) is 12.5 Å². The molecular weight excluding hydrogens is 312 g/mol. The molecule has 0 radical (unpaired) electrons. The SMILES string of the molecule is CCCc1ccc(OCC(=O)N/N=C/c2ccccc2Cl)cc1. The number of aryl methyl sites for hydroxylation is 1. The molecule has 0 unspecified atom stereocenters. The highest BCUT2D eigenvalue weighted by atomic mass is 35.5. The van der Waals surface area contributed by atoms with Crippen LogP contribution in [0.4, 0.5) is 0 Å². The van der Waals surface area contributed by atoms with E-state index in [1.165, 1.54) is 11.8 Å². The van der Waals surface area contributed by atoms with E-state index in [0.717, 1.165) is 18.4 Å². The molecule has 2 aromatic carbocycles. The highest BCUT2D eigenvalue weighted by Gasteiger charge is 2.02. The third-order valence-corrected chi connectivity index (χ3v) is 3.47. The molecule has 120 valence electrons. The van der Waals surface area contributed by atoms with Crippen molar-refractivity contribution in [3.05, 3.63) is 64.7 Å². The number of nitrogens with zero attached hydrogens (tertiary/aromatic N) is 1. The second-order valence-electron chi connectivity index (χ2n) is 5.00. The van der Waals surface area contributed by atoms with Gasteiger partial charge in [0.15, 0.2) is 6.61 Å². The summed E-state index contributed by atoms with van der Waals surface area (Å²) in [6.45, 7) is 2.05. The molecule has 0 fully saturated rings. The quantitative estimate of drug-likeness (QED) is 0.619. The minimum absolute atomic E-state index is 0.0903. The molecule has 0 bridgehead atoms. The van der Waals surface area contributed by atoms with Gasteiger partial charge in [0.1, 0.15) is 5.75 Å². The summed E-state index contributed by atoms with van der Waals surface area (Å²) >= 11 is 5.99. The summed E-state index contributed by atoms with van der Waals surface area (Å²) in [6, 6.07) is 15.0. The fourth-order valence-electron chi connectivity index (χ4n) is 1.98. The first-order valence-electron chi connectivity index (χ1n) is 7.47. The fourth-order valence-corrected chi connectivity index (χ4v) is 2.16. The maximum absolute atomic E-state index is 11.7. The van der Waals surface area contributed by atoms with Gasteiger partial charge in [0.2, 0.25) is 0 Å². The van der Waals surface area contributed by atoms with E-state index in [0.29, 0.717) is 10.8 Å². The number of rotatable bonds is 7. The molecule has 0 atom stereocenters. The lowest BCUT2D eigenvalue weighted by molar-refractivity contribution is -0.123. The molecule has 2 rings (SSSR count). The van der Waals surface area contributed by atoms with Crippen molar-refractivity contribution >= 4 is 23.7 Å². The van der Waals surface area contributed by atoms with E-state index in [1.54, 1.807) is 6.07 Å². The summed E-state index contributed by atoms with van der Waals surface area (Å²) in [4.78, 5) is 11.7. The number of carbonyl (C=O) groups excluding carboxylic acids is 1. The standard InChI is InChI=1S/C18H19ClN2O2/c1-2-5-14-8-10-16(11-9-14)23-13-18(22)21-20-12-15-6-3-4-7-17(15)19/h3-4,6-12H,2,5,13H2,1H3,(H,21,22)/b20-12+. The smallest absolute Gasteiger partial charge is 0.277 e. The molecule has 23 heavy (non-hydrogen) atoms. The van der Waals surface area contributed by atoms with Gasteiger partial charge in [-0.3, -0.25) is 4.79 Å². The van der Waals surface area contributed by atoms with Gasteiger partial charge in [-0.2, -0.15) is 5.10 Å². The van der Waals surface area contributed by atoms with Crippen LogP contribution in [0.3, 0.4) is 0 Å². The van der Waals surface area contributed by atoms with Crippen molar-refractivity contribution in [3.8, 4) is 5.75 Å². The lowest BCUT2D eigenvalue weighted by Crippen LogP contribution is -2.24. The first kappa shape index (κ1) is 17.0. The summed E-state index contributed by atoms with van der Waals surface area (Å²) in [5.41, 5.74) is 4.40. The minimum Gasteiger partial charge on any atom is -0.484 e. The van der Waals surface area contributed by atoms with Crippen molar-refractivity contribution in [1.82, 2.24) is 5.43 Å². The lowest BCUT2D eigenvalue weighted by Gasteiger charge is -2.06. The van der Waals surface area contributed by atoms with Crippen LogP contribution in [-0.2, 0) is 11.2 Å². The highest BCUT2D eigenvalue weighted by molar-refractivity contribution is 6.33. The molecule has 0 spiro atoms. The summed E-state index contributed by atoms with van der Waals surface area (Å²) in [5.74, 6) is 0.334. The normalized spacial score (nSPS) is 10.7. The number of amides is 1. The van der Waals surface area contributed by atoms with E-state index < -0.39 is 0 Å². The first-order valence-corrected chi connectivity index (χ1v) is 7.85. The van der Waals surface area contributed by atoms with Crippen LogP contribution in [0.25, 0.3) is 0 Å². The Balaban J connectivity index is 1.78. The second-order valence-corrected chi connectivity index (χ2v) is 5.40. The van der Waals surface area contributed by atoms with Crippen LogP contribution in [0.15, 0.2) is 53.6 Å². The molecule has 0 aliphatic rings. The summed E-state index contributed by atoms with van der Waals surface area (Å²) in [7, 11) is 0. The molecule has 0 saturated carbocycles. The predicted octanol–water partition coefficient (Wildman–Crippen LogP) is 3.82. The summed E-state index contributed by atoms with van der Waals surface area (Å²) in [5, 5.41) is 4.44. The van der Waals surface area contributed by atoms with Gasteiger partial charge in [0.25, 0.3) is 5.91 Å². The number of hydrazone groups is 1. The van der Waals surface area contributed by atoms with E-state index in [2.05, 4.69) is 17.5 Å². The Bertz CT molecular complexity index is 669. The third-order valence-electron chi connectivity index (χ3n) is 3.13. The van der Waals surface area contributed by atoms with Crippen LogP contribution >= 0.6 is 11.6 Å². The fraction of sp³-hybridized carbons (Fsp3) is 0.222. The Labute approximate surface area is 141 Å². The van der Waals surface area contributed by atoms with Crippen LogP contribution in [-0.4, -0.2) is 18.7 Å². The summed E-state index contributed by atoms with van der Waals surface area (Å²) in [6.07, 6.45) is 3.64. The Morgan fingerprint density at radius 2 is 1.96 bits per heavy atom. The van der Waals surface area contributed by atoms with Crippen molar-refractivity contribution in [3.63, 3.8) is 0 Å². The maximum Gasteiger partial charge on any atom is 0.277 e. The molecule has 0 aliphatic heterocycles. The molecule has 1 amide bonds. The number of hydrogen-bond acceptors (Lipinski definition) is 3. The van der Waals surface area contributed by atoms with Crippen LogP contribution in [0.5, 0.6) is 5.75 Å². The van der Waals surface area contributed by atoms with Crippen molar-refractivity contribution in [2.75, 3.05) is 6.61 Å². The van der Waals surface area contributed by atoms with Crippen molar-refractivity contribution in [2.45, 2.75) is 19.8 Å². The van der Waals surface area contributed by atoms with Crippen molar-refractivity contribution in [2.24, 2.45) is 5.10 Å². The zero-order chi connectivity index (χ0) is 16.5. The number of benzene rings is 2. The van der Waals surface area contributed by atoms with Gasteiger partial charge in [-0.15, -0.1) is 0 Å². The largest absolute Gasteiger partial charge is 0.484 e. The Hall–Kier alpha value is -2.33. The minimum atomic E-state index is -0.328. The molecule has 4 nitrogen and oxygen atoms in total. The number of halogens is 1. The van der Waals surface area contributed by atoms with Crippen molar-refractivity contribution in [1.29, 1.82) is 0 Å². The zero-order valence-electron chi connectivity index (χ0n) is 13.0. The molecule has 0 heterocycles. The molecule has 0 saturated heterocycles. The van der Waals surface area contributed by atoms with Crippen LogP contribution < -0.4 is 10.2 Å². The van der Waals surface area contributed by atoms with Gasteiger partial charge < -0.3 is 4.74 Å². The average Bonchev–Trinajstić information content (AvgIpc) is 2.56. The molecular formula is C18H19ClN2O2. The molecule has 2 aromatic rings. The van der Waals surface area contributed by atoms with Gasteiger partial charge in [-0.1, -0.05) is 55.3 Å². The van der Waals surface area contributed by atoms with Gasteiger partial charge >= 0.3 is 0 Å². The maximum atomic E-state index is 11.7. The van der Waals surface area contributed by atoms with Crippen LogP contribution in [0.1, 0.15) is 24.5 Å². The second kappa shape index (κ2) is 8.96. The highest BCUT2D eigenvalue weighted by Crippen LogP contribution is 2.13. The van der Waals surface area contributed by atoms with Crippen LogP contribution in [0, 0.1) is 0 Å². The van der Waals surface area contributed by atoms with E-state index >= 15 is 0 Å². The lowest BCUT2D eigenvalue weighted by atomic mass is 10.1. The predicted molar refractivity (Wildman–Crippen MR) is 93.1 cm³/mol. The third kappa shape index (κ3) is 5.75. The molecule has 0 aromatic heterocycles. The average molecular weight is 331 g/mol. The molecule has 1 N–H and O–H groups in total. The molecule has 5 heteroatoms. The first-order chi connectivity index (χ1) is 11.2.